The van der Waals surface area contributed by atoms with E-state index in [4.69, 9.17) is 24.2 Å². The van der Waals surface area contributed by atoms with Gasteiger partial charge in [-0.3, -0.25) is 9.59 Å². The largest absolute Gasteiger partial charge is 0.497 e. The van der Waals surface area contributed by atoms with Crippen molar-refractivity contribution in [1.29, 1.82) is 0 Å². The second-order valence-corrected chi connectivity index (χ2v) is 14.9. The standard InChI is InChI=1S/C35H48N4O6/c1-19-28-18-39(29(19)20(2)40)33(41)31(35(3,4)5)38-34(42)45-30-22(14-21-15-23(30)16-21)10-8-7-9-11-26-32(44-28)37-27-17-24(43-6)12-13-25(27)36-26/h12-13,17,19,21-23,28-31H,7-11,14-16,18H2,1-6H3,(H,38,42)/t19-,21?,22-,23?,28+,29+,30+,31-/m1/s1. The molecule has 244 valence electrons. The number of nitrogens with zero attached hydrogens (tertiary/aromatic N) is 3. The number of ether oxygens (including phenoxy) is 3. The Labute approximate surface area is 266 Å². The number of rotatable bonds is 2. The molecule has 0 spiro atoms. The minimum absolute atomic E-state index is 0.123. The van der Waals surface area contributed by atoms with E-state index >= 15 is 0 Å². The number of Topliss-reactive ketones (excluding diaryl/α,β-unsaturated/α-hetero) is 1. The van der Waals surface area contributed by atoms with Crippen LogP contribution in [0, 0.1) is 29.1 Å². The number of ketones is 1. The molecule has 0 radical (unpaired) electrons. The molecule has 3 saturated carbocycles. The van der Waals surface area contributed by atoms with Crippen molar-refractivity contribution in [1.82, 2.24) is 20.2 Å². The van der Waals surface area contributed by atoms with E-state index in [2.05, 4.69) is 5.32 Å². The van der Waals surface area contributed by atoms with Gasteiger partial charge in [0.1, 0.15) is 29.7 Å². The molecule has 5 aliphatic rings. The van der Waals surface area contributed by atoms with E-state index in [1.165, 1.54) is 6.92 Å². The van der Waals surface area contributed by atoms with Crippen molar-refractivity contribution in [3.63, 3.8) is 0 Å². The Kier molecular flexibility index (Phi) is 8.69. The lowest BCUT2D eigenvalue weighted by Crippen LogP contribution is -2.58. The number of hydrogen-bond donors (Lipinski definition) is 1. The normalized spacial score (nSPS) is 32.5. The molecule has 6 atom stereocenters. The number of fused-ring (bicyclic) bond motifs is 4. The van der Waals surface area contributed by atoms with Crippen LogP contribution in [-0.4, -0.2) is 70.6 Å². The van der Waals surface area contributed by atoms with Gasteiger partial charge in [0.2, 0.25) is 11.8 Å². The molecule has 1 aromatic carbocycles. The van der Waals surface area contributed by atoms with Crippen molar-refractivity contribution in [2.24, 2.45) is 29.1 Å². The van der Waals surface area contributed by atoms with Crippen molar-refractivity contribution in [2.45, 2.75) is 110 Å². The molecule has 7 rings (SSSR count). The molecule has 1 aromatic heterocycles. The van der Waals surface area contributed by atoms with Crippen LogP contribution in [0.3, 0.4) is 0 Å². The van der Waals surface area contributed by atoms with Gasteiger partial charge in [0, 0.05) is 12.0 Å². The van der Waals surface area contributed by atoms with Crippen molar-refractivity contribution >= 4 is 28.8 Å². The Hall–Kier alpha value is -3.43. The van der Waals surface area contributed by atoms with Crippen LogP contribution in [0.25, 0.3) is 11.0 Å². The number of benzene rings is 1. The first-order valence-corrected chi connectivity index (χ1v) is 16.7. The third-order valence-corrected chi connectivity index (χ3v) is 10.6. The van der Waals surface area contributed by atoms with Gasteiger partial charge < -0.3 is 24.4 Å². The van der Waals surface area contributed by atoms with E-state index in [9.17, 15) is 14.4 Å². The number of nitrogens with one attached hydrogen (secondary N) is 1. The van der Waals surface area contributed by atoms with Gasteiger partial charge in [-0.2, -0.15) is 0 Å². The minimum atomic E-state index is -0.878. The Balaban J connectivity index is 1.36. The summed E-state index contributed by atoms with van der Waals surface area (Å²) < 4.78 is 18.2. The van der Waals surface area contributed by atoms with Gasteiger partial charge >= 0.3 is 6.09 Å². The smallest absolute Gasteiger partial charge is 0.408 e. The Morgan fingerprint density at radius 1 is 1.02 bits per heavy atom. The maximum absolute atomic E-state index is 14.3. The van der Waals surface area contributed by atoms with E-state index in [1.54, 1.807) is 12.0 Å². The van der Waals surface area contributed by atoms with Gasteiger partial charge in [-0.25, -0.2) is 14.8 Å². The molecule has 3 heterocycles. The summed E-state index contributed by atoms with van der Waals surface area (Å²) in [6.45, 7) is 9.40. The lowest BCUT2D eigenvalue weighted by molar-refractivity contribution is -0.141. The second-order valence-electron chi connectivity index (χ2n) is 14.9. The number of carbonyl (C=O) groups is 3. The molecule has 1 N–H and O–H groups in total. The maximum atomic E-state index is 14.3. The van der Waals surface area contributed by atoms with Crippen molar-refractivity contribution in [3.05, 3.63) is 23.9 Å². The maximum Gasteiger partial charge on any atom is 0.408 e. The topological polar surface area (TPSA) is 120 Å². The lowest BCUT2D eigenvalue weighted by Gasteiger charge is -2.50. The highest BCUT2D eigenvalue weighted by Gasteiger charge is 2.50. The van der Waals surface area contributed by atoms with Gasteiger partial charge in [0.05, 0.1) is 30.7 Å². The fourth-order valence-electron chi connectivity index (χ4n) is 8.14. The van der Waals surface area contributed by atoms with Crippen LogP contribution in [0.2, 0.25) is 0 Å². The zero-order chi connectivity index (χ0) is 32.0. The number of carbonyl (C=O) groups excluding carboxylic acids is 3. The molecule has 4 bridgehead atoms. The average Bonchev–Trinajstić information content (AvgIpc) is 3.29. The molecule has 2 amide bonds. The molecule has 3 aliphatic carbocycles. The number of alkyl carbamates (subject to hydrolysis) is 1. The number of aryl methyl sites for hydroxylation is 1. The summed E-state index contributed by atoms with van der Waals surface area (Å²) in [5, 5.41) is 2.95. The van der Waals surface area contributed by atoms with Crippen molar-refractivity contribution < 1.29 is 28.6 Å². The fraction of sp³-hybridized carbons (Fsp3) is 0.686. The zero-order valence-electron chi connectivity index (χ0n) is 27.5. The number of aromatic nitrogens is 2. The van der Waals surface area contributed by atoms with Crippen LogP contribution in [0.4, 0.5) is 4.79 Å². The number of methoxy groups -OCH3 is 1. The summed E-state index contributed by atoms with van der Waals surface area (Å²) in [7, 11) is 1.62. The van der Waals surface area contributed by atoms with E-state index in [0.29, 0.717) is 35.4 Å². The van der Waals surface area contributed by atoms with E-state index in [1.807, 2.05) is 45.9 Å². The summed E-state index contributed by atoms with van der Waals surface area (Å²) >= 11 is 0. The first-order chi connectivity index (χ1) is 21.4. The predicted molar refractivity (Wildman–Crippen MR) is 169 cm³/mol. The Morgan fingerprint density at radius 3 is 2.49 bits per heavy atom. The quantitative estimate of drug-likeness (QED) is 0.468. The summed E-state index contributed by atoms with van der Waals surface area (Å²) in [5.74, 6) is 1.83. The first kappa shape index (κ1) is 31.5. The molecule has 45 heavy (non-hydrogen) atoms. The highest BCUT2D eigenvalue weighted by molar-refractivity contribution is 5.92. The van der Waals surface area contributed by atoms with Crippen LogP contribution in [0.1, 0.15) is 85.3 Å². The molecule has 1 saturated heterocycles. The van der Waals surface area contributed by atoms with Gasteiger partial charge in [-0.05, 0) is 80.8 Å². The summed E-state index contributed by atoms with van der Waals surface area (Å²) in [4.78, 5) is 52.3. The lowest BCUT2D eigenvalue weighted by atomic mass is 9.59. The average molecular weight is 621 g/mol. The van der Waals surface area contributed by atoms with E-state index < -0.39 is 29.7 Å². The van der Waals surface area contributed by atoms with Gasteiger partial charge in [0.15, 0.2) is 5.78 Å². The van der Waals surface area contributed by atoms with E-state index in [-0.39, 0.29) is 30.3 Å². The molecule has 0 unspecified atom stereocenters. The van der Waals surface area contributed by atoms with Gasteiger partial charge in [-0.1, -0.05) is 40.5 Å². The van der Waals surface area contributed by atoms with Gasteiger partial charge in [0.25, 0.3) is 0 Å². The van der Waals surface area contributed by atoms with Crippen molar-refractivity contribution in [3.8, 4) is 11.6 Å². The summed E-state index contributed by atoms with van der Waals surface area (Å²) in [6, 6.07) is 4.05. The molecular weight excluding hydrogens is 572 g/mol. The first-order valence-electron chi connectivity index (χ1n) is 16.7. The van der Waals surface area contributed by atoms with Crippen LogP contribution in [0.5, 0.6) is 11.6 Å². The third kappa shape index (κ3) is 6.34. The van der Waals surface area contributed by atoms with Gasteiger partial charge in [-0.15, -0.1) is 0 Å². The molecule has 2 aliphatic heterocycles. The molecule has 10 nitrogen and oxygen atoms in total. The number of amides is 2. The molecule has 10 heteroatoms. The highest BCUT2D eigenvalue weighted by Crippen LogP contribution is 2.51. The van der Waals surface area contributed by atoms with Crippen LogP contribution >= 0.6 is 0 Å². The van der Waals surface area contributed by atoms with Crippen LogP contribution in [-0.2, 0) is 20.7 Å². The fourth-order valence-corrected chi connectivity index (χ4v) is 8.14. The Bertz CT molecular complexity index is 1450. The van der Waals surface area contributed by atoms with E-state index in [0.717, 1.165) is 62.1 Å². The summed E-state index contributed by atoms with van der Waals surface area (Å²) in [5.41, 5.74) is 1.59. The summed E-state index contributed by atoms with van der Waals surface area (Å²) in [6.07, 6.45) is 6.84. The molecule has 4 fully saturated rings. The van der Waals surface area contributed by atoms with Crippen LogP contribution < -0.4 is 14.8 Å². The zero-order valence-corrected chi connectivity index (χ0v) is 27.5. The monoisotopic (exact) mass is 620 g/mol. The SMILES string of the molecule is COc1ccc2nc3c(nc2c1)O[C@H]1CN(C(=O)[C@H](C(C)(C)C)NC(=O)O[C@@H]2C4CC(C4)C[C@H]2CCCCC3)[C@H](C(C)=O)[C@@H]1C. The molecule has 2 aromatic rings. The minimum Gasteiger partial charge on any atom is -0.497 e. The highest BCUT2D eigenvalue weighted by atomic mass is 16.6. The second kappa shape index (κ2) is 12.4. The van der Waals surface area contributed by atoms with Crippen molar-refractivity contribution in [2.75, 3.05) is 13.7 Å². The molecular formula is C35H48N4O6. The third-order valence-electron chi connectivity index (χ3n) is 10.6. The Morgan fingerprint density at radius 2 is 1.78 bits per heavy atom. The number of hydrogen-bond acceptors (Lipinski definition) is 8. The van der Waals surface area contributed by atoms with Crippen LogP contribution in [0.15, 0.2) is 18.2 Å². The predicted octanol–water partition coefficient (Wildman–Crippen LogP) is 5.49.